The summed E-state index contributed by atoms with van der Waals surface area (Å²) in [5.74, 6) is -0.846. The summed E-state index contributed by atoms with van der Waals surface area (Å²) in [6.07, 6.45) is 3.28. The Morgan fingerprint density at radius 3 is 2.65 bits per heavy atom. The van der Waals surface area contributed by atoms with E-state index in [1.807, 2.05) is 29.7 Å². The summed E-state index contributed by atoms with van der Waals surface area (Å²) in [6.45, 7) is 3.04. The fourth-order valence-corrected chi connectivity index (χ4v) is 4.11. The average molecular weight is 423 g/mol. The van der Waals surface area contributed by atoms with Crippen LogP contribution in [0.4, 0.5) is 4.39 Å². The molecule has 2 amide bonds. The van der Waals surface area contributed by atoms with Gasteiger partial charge in [-0.15, -0.1) is 0 Å². The van der Waals surface area contributed by atoms with E-state index in [9.17, 15) is 14.0 Å². The van der Waals surface area contributed by atoms with Crippen LogP contribution in [0.5, 0.6) is 0 Å². The second-order valence-electron chi connectivity index (χ2n) is 7.96. The average Bonchev–Trinajstić information content (AvgIpc) is 3.13. The second kappa shape index (κ2) is 8.89. The molecular formula is C24H26FN3O3. The molecule has 0 radical (unpaired) electrons. The van der Waals surface area contributed by atoms with Gasteiger partial charge >= 0.3 is 0 Å². The molecule has 0 bridgehead atoms. The first-order chi connectivity index (χ1) is 15.0. The van der Waals surface area contributed by atoms with Gasteiger partial charge in [-0.05, 0) is 49.6 Å². The molecule has 162 valence electrons. The number of amides is 2. The second-order valence-corrected chi connectivity index (χ2v) is 7.96. The lowest BCUT2D eigenvalue weighted by Gasteiger charge is -2.27. The highest BCUT2D eigenvalue weighted by molar-refractivity contribution is 6.07. The molecule has 2 heterocycles. The third-order valence-corrected chi connectivity index (χ3v) is 5.72. The monoisotopic (exact) mass is 423 g/mol. The smallest absolute Gasteiger partial charge is 0.253 e. The maximum Gasteiger partial charge on any atom is 0.253 e. The first-order valence-electron chi connectivity index (χ1n) is 10.5. The molecule has 2 N–H and O–H groups in total. The summed E-state index contributed by atoms with van der Waals surface area (Å²) in [5, 5.41) is 5.96. The number of fused-ring (bicyclic) bond motifs is 1. The number of hydrogen-bond acceptors (Lipinski definition) is 3. The number of nitrogens with one attached hydrogen (secondary N) is 2. The van der Waals surface area contributed by atoms with E-state index in [1.54, 1.807) is 31.4 Å². The van der Waals surface area contributed by atoms with E-state index >= 15 is 0 Å². The van der Waals surface area contributed by atoms with Gasteiger partial charge in [-0.3, -0.25) is 9.59 Å². The van der Waals surface area contributed by atoms with Crippen molar-refractivity contribution in [2.45, 2.75) is 38.5 Å². The van der Waals surface area contributed by atoms with Crippen molar-refractivity contribution in [2.75, 3.05) is 13.7 Å². The first kappa shape index (κ1) is 21.1. The molecule has 2 atom stereocenters. The predicted molar refractivity (Wildman–Crippen MR) is 117 cm³/mol. The molecule has 2 unspecified atom stereocenters. The summed E-state index contributed by atoms with van der Waals surface area (Å²) in [6, 6.07) is 12.1. The van der Waals surface area contributed by atoms with Crippen LogP contribution in [0, 0.1) is 5.82 Å². The molecule has 1 saturated heterocycles. The van der Waals surface area contributed by atoms with Gasteiger partial charge < -0.3 is 19.9 Å². The number of carbonyl (C=O) groups excluding carboxylic acids is 2. The number of aromatic nitrogens is 1. The molecule has 1 fully saturated rings. The Kier molecular flexibility index (Phi) is 6.04. The van der Waals surface area contributed by atoms with Gasteiger partial charge in [0.2, 0.25) is 0 Å². The minimum atomic E-state index is -0.420. The molecule has 4 rings (SSSR count). The summed E-state index contributed by atoms with van der Waals surface area (Å²) in [7, 11) is 1.59. The number of ether oxygens (including phenoxy) is 1. The number of carbonyl (C=O) groups is 2. The van der Waals surface area contributed by atoms with E-state index in [0.717, 1.165) is 18.4 Å². The minimum Gasteiger partial charge on any atom is -0.378 e. The molecule has 2 aromatic carbocycles. The molecular weight excluding hydrogens is 397 g/mol. The van der Waals surface area contributed by atoms with E-state index in [1.165, 1.54) is 6.07 Å². The van der Waals surface area contributed by atoms with Gasteiger partial charge in [-0.25, -0.2) is 4.39 Å². The Labute approximate surface area is 180 Å². The van der Waals surface area contributed by atoms with E-state index < -0.39 is 5.82 Å². The lowest BCUT2D eigenvalue weighted by atomic mass is 10.0. The highest BCUT2D eigenvalue weighted by atomic mass is 19.1. The molecule has 31 heavy (non-hydrogen) atoms. The summed E-state index contributed by atoms with van der Waals surface area (Å²) in [5.41, 5.74) is 2.49. The minimum absolute atomic E-state index is 0.0127. The number of hydrogen-bond donors (Lipinski definition) is 2. The van der Waals surface area contributed by atoms with Crippen LogP contribution in [-0.2, 0) is 11.3 Å². The molecule has 0 aliphatic carbocycles. The van der Waals surface area contributed by atoms with Gasteiger partial charge in [-0.2, -0.15) is 0 Å². The summed E-state index contributed by atoms with van der Waals surface area (Å²) in [4.78, 5) is 24.8. The van der Waals surface area contributed by atoms with E-state index in [4.69, 9.17) is 4.74 Å². The van der Waals surface area contributed by atoms with Crippen LogP contribution in [0.3, 0.4) is 0 Å². The molecule has 6 nitrogen and oxygen atoms in total. The maximum absolute atomic E-state index is 14.7. The largest absolute Gasteiger partial charge is 0.378 e. The van der Waals surface area contributed by atoms with Crippen molar-refractivity contribution in [3.63, 3.8) is 0 Å². The molecule has 0 spiro atoms. The van der Waals surface area contributed by atoms with Crippen molar-refractivity contribution in [3.8, 4) is 0 Å². The van der Waals surface area contributed by atoms with Crippen LogP contribution >= 0.6 is 0 Å². The van der Waals surface area contributed by atoms with Gasteiger partial charge in [-0.1, -0.05) is 18.2 Å². The summed E-state index contributed by atoms with van der Waals surface area (Å²) < 4.78 is 22.1. The number of benzene rings is 2. The third kappa shape index (κ3) is 4.46. The van der Waals surface area contributed by atoms with Crippen molar-refractivity contribution < 1.29 is 18.7 Å². The molecule has 1 aliphatic heterocycles. The van der Waals surface area contributed by atoms with E-state index in [-0.39, 0.29) is 24.0 Å². The van der Waals surface area contributed by atoms with Crippen LogP contribution in [0.25, 0.3) is 10.9 Å². The fourth-order valence-electron chi connectivity index (χ4n) is 4.11. The van der Waals surface area contributed by atoms with Gasteiger partial charge in [0.25, 0.3) is 11.8 Å². The zero-order chi connectivity index (χ0) is 22.0. The Balaban J connectivity index is 1.62. The van der Waals surface area contributed by atoms with Crippen LogP contribution in [0.15, 0.2) is 48.7 Å². The van der Waals surface area contributed by atoms with Crippen LogP contribution in [0.2, 0.25) is 0 Å². The lowest BCUT2D eigenvalue weighted by molar-refractivity contribution is 0.0137. The van der Waals surface area contributed by atoms with Gasteiger partial charge in [0.1, 0.15) is 5.82 Å². The van der Waals surface area contributed by atoms with Crippen LogP contribution in [0.1, 0.15) is 46.0 Å². The van der Waals surface area contributed by atoms with Gasteiger partial charge in [0.05, 0.1) is 17.2 Å². The zero-order valence-corrected chi connectivity index (χ0v) is 17.7. The first-order valence-corrected chi connectivity index (χ1v) is 10.5. The van der Waals surface area contributed by atoms with Crippen molar-refractivity contribution >= 4 is 22.7 Å². The van der Waals surface area contributed by atoms with E-state index in [2.05, 4.69) is 10.6 Å². The normalized spacial score (nSPS) is 18.7. The topological polar surface area (TPSA) is 72.4 Å². The van der Waals surface area contributed by atoms with Crippen molar-refractivity contribution in [2.24, 2.45) is 0 Å². The SMILES string of the molecule is CNC(=O)c1ccc(Cn2cc(C(=O)NC3CCOC(C)C3)c3c(F)cccc32)cc1. The van der Waals surface area contributed by atoms with Crippen LogP contribution < -0.4 is 10.6 Å². The quantitative estimate of drug-likeness (QED) is 0.660. The van der Waals surface area contributed by atoms with Crippen LogP contribution in [-0.4, -0.2) is 42.2 Å². The number of nitrogens with zero attached hydrogens (tertiary/aromatic N) is 1. The molecule has 7 heteroatoms. The number of rotatable bonds is 5. The maximum atomic E-state index is 14.7. The van der Waals surface area contributed by atoms with Gasteiger partial charge in [0.15, 0.2) is 0 Å². The molecule has 1 aromatic heterocycles. The number of halogens is 1. The standard InChI is InChI=1S/C24H26FN3O3/c1-15-12-18(10-11-31-15)27-24(30)19-14-28(21-5-3-4-20(25)22(19)21)13-16-6-8-17(9-7-16)23(29)26-2/h3-9,14-15,18H,10-13H2,1-2H3,(H,26,29)(H,27,30). The van der Waals surface area contributed by atoms with E-state index in [0.29, 0.717) is 35.2 Å². The van der Waals surface area contributed by atoms with Crippen molar-refractivity contribution in [3.05, 3.63) is 71.2 Å². The predicted octanol–water partition coefficient (Wildman–Crippen LogP) is 3.49. The fraction of sp³-hybridized carbons (Fsp3) is 0.333. The molecule has 0 saturated carbocycles. The van der Waals surface area contributed by atoms with Crippen molar-refractivity contribution in [1.29, 1.82) is 0 Å². The Bertz CT molecular complexity index is 1110. The lowest BCUT2D eigenvalue weighted by Crippen LogP contribution is -2.41. The highest BCUT2D eigenvalue weighted by Crippen LogP contribution is 2.26. The Hall–Kier alpha value is -3.19. The van der Waals surface area contributed by atoms with Gasteiger partial charge in [0, 0.05) is 43.4 Å². The summed E-state index contributed by atoms with van der Waals surface area (Å²) >= 11 is 0. The highest BCUT2D eigenvalue weighted by Gasteiger charge is 2.24. The molecule has 1 aliphatic rings. The Morgan fingerprint density at radius 2 is 1.94 bits per heavy atom. The third-order valence-electron chi connectivity index (χ3n) is 5.72. The zero-order valence-electron chi connectivity index (χ0n) is 17.7. The molecule has 3 aromatic rings. The van der Waals surface area contributed by atoms with Crippen molar-refractivity contribution in [1.82, 2.24) is 15.2 Å². The Morgan fingerprint density at radius 1 is 1.16 bits per heavy atom.